The van der Waals surface area contributed by atoms with E-state index < -0.39 is 12.7 Å². The molecule has 0 radical (unpaired) electrons. The van der Waals surface area contributed by atoms with Crippen LogP contribution in [0.1, 0.15) is 11.7 Å². The molecule has 124 valence electrons. The van der Waals surface area contributed by atoms with E-state index in [2.05, 4.69) is 14.7 Å². The SMILES string of the molecule is O=c1c2cccnc2ncn1C[C@H](O)c1ccc(OC(F)F)cc1. The van der Waals surface area contributed by atoms with E-state index in [0.29, 0.717) is 16.6 Å². The molecule has 0 unspecified atom stereocenters. The number of hydrogen-bond acceptors (Lipinski definition) is 5. The van der Waals surface area contributed by atoms with Gasteiger partial charge in [0.25, 0.3) is 5.56 Å². The summed E-state index contributed by atoms with van der Waals surface area (Å²) in [5.41, 5.74) is 0.487. The van der Waals surface area contributed by atoms with E-state index >= 15 is 0 Å². The smallest absolute Gasteiger partial charge is 0.387 e. The minimum Gasteiger partial charge on any atom is -0.435 e. The van der Waals surface area contributed by atoms with Gasteiger partial charge >= 0.3 is 6.61 Å². The van der Waals surface area contributed by atoms with Gasteiger partial charge in [-0.05, 0) is 29.8 Å². The molecule has 0 saturated carbocycles. The Morgan fingerprint density at radius 3 is 2.62 bits per heavy atom. The highest BCUT2D eigenvalue weighted by atomic mass is 19.3. The Morgan fingerprint density at radius 2 is 1.92 bits per heavy atom. The molecule has 2 heterocycles. The minimum absolute atomic E-state index is 0.00318. The average molecular weight is 333 g/mol. The number of alkyl halides is 2. The Kier molecular flexibility index (Phi) is 4.48. The summed E-state index contributed by atoms with van der Waals surface area (Å²) in [6, 6.07) is 8.82. The maximum Gasteiger partial charge on any atom is 0.387 e. The standard InChI is InChI=1S/C16H13F2N3O3/c17-16(18)24-11-5-3-10(4-6-11)13(22)8-21-9-20-14-12(15(21)23)2-1-7-19-14/h1-7,9,13,16,22H,8H2/t13-/m0/s1. The molecule has 0 aliphatic carbocycles. The first kappa shape index (κ1) is 16.0. The summed E-state index contributed by atoms with van der Waals surface area (Å²) >= 11 is 0. The van der Waals surface area contributed by atoms with Crippen LogP contribution in [0.4, 0.5) is 8.78 Å². The summed E-state index contributed by atoms with van der Waals surface area (Å²) < 4.78 is 29.8. The molecule has 0 bridgehead atoms. The molecule has 3 aromatic rings. The van der Waals surface area contributed by atoms with Crippen molar-refractivity contribution in [1.82, 2.24) is 14.5 Å². The maximum absolute atomic E-state index is 12.3. The molecule has 0 spiro atoms. The van der Waals surface area contributed by atoms with Gasteiger partial charge in [-0.15, -0.1) is 0 Å². The van der Waals surface area contributed by atoms with Gasteiger partial charge in [-0.3, -0.25) is 9.36 Å². The minimum atomic E-state index is -2.91. The number of hydrogen-bond donors (Lipinski definition) is 1. The lowest BCUT2D eigenvalue weighted by Crippen LogP contribution is -2.24. The van der Waals surface area contributed by atoms with Crippen LogP contribution in [0.3, 0.4) is 0 Å². The molecule has 0 amide bonds. The molecule has 8 heteroatoms. The predicted molar refractivity (Wildman–Crippen MR) is 81.8 cm³/mol. The zero-order valence-corrected chi connectivity index (χ0v) is 12.3. The predicted octanol–water partition coefficient (Wildman–Crippen LogP) is 2.13. The molecule has 3 rings (SSSR count). The van der Waals surface area contributed by atoms with E-state index in [9.17, 15) is 18.7 Å². The van der Waals surface area contributed by atoms with Crippen LogP contribution in [0.25, 0.3) is 11.0 Å². The van der Waals surface area contributed by atoms with Crippen LogP contribution in [0.15, 0.2) is 53.7 Å². The summed E-state index contributed by atoms with van der Waals surface area (Å²) in [4.78, 5) is 20.4. The molecule has 1 aromatic carbocycles. The number of fused-ring (bicyclic) bond motifs is 1. The van der Waals surface area contributed by atoms with E-state index in [0.717, 1.165) is 0 Å². The summed E-state index contributed by atoms with van der Waals surface area (Å²) in [5, 5.41) is 10.6. The Morgan fingerprint density at radius 1 is 1.17 bits per heavy atom. The van der Waals surface area contributed by atoms with Crippen molar-refractivity contribution < 1.29 is 18.6 Å². The lowest BCUT2D eigenvalue weighted by molar-refractivity contribution is -0.0498. The van der Waals surface area contributed by atoms with Crippen LogP contribution in [-0.2, 0) is 6.54 Å². The molecule has 6 nitrogen and oxygen atoms in total. The van der Waals surface area contributed by atoms with Crippen LogP contribution in [-0.4, -0.2) is 26.3 Å². The molecule has 0 saturated heterocycles. The van der Waals surface area contributed by atoms with Gasteiger partial charge in [0.2, 0.25) is 0 Å². The highest BCUT2D eigenvalue weighted by Gasteiger charge is 2.12. The van der Waals surface area contributed by atoms with Crippen LogP contribution in [0.5, 0.6) is 5.75 Å². The third kappa shape index (κ3) is 3.38. The monoisotopic (exact) mass is 333 g/mol. The second-order valence-electron chi connectivity index (χ2n) is 5.04. The van der Waals surface area contributed by atoms with Gasteiger partial charge in [-0.1, -0.05) is 12.1 Å². The first-order valence-electron chi connectivity index (χ1n) is 7.07. The number of aromatic nitrogens is 3. The largest absolute Gasteiger partial charge is 0.435 e. The zero-order valence-electron chi connectivity index (χ0n) is 12.3. The lowest BCUT2D eigenvalue weighted by atomic mass is 10.1. The maximum atomic E-state index is 12.3. The molecule has 24 heavy (non-hydrogen) atoms. The third-order valence-corrected chi connectivity index (χ3v) is 3.46. The number of halogens is 2. The lowest BCUT2D eigenvalue weighted by Gasteiger charge is -2.13. The number of aliphatic hydroxyl groups excluding tert-OH is 1. The zero-order chi connectivity index (χ0) is 17.1. The van der Waals surface area contributed by atoms with Gasteiger partial charge in [0.05, 0.1) is 18.0 Å². The fourth-order valence-electron chi connectivity index (χ4n) is 2.29. The van der Waals surface area contributed by atoms with Crippen molar-refractivity contribution in [3.8, 4) is 5.75 Å². The molecule has 2 aromatic heterocycles. The van der Waals surface area contributed by atoms with Crippen LogP contribution >= 0.6 is 0 Å². The number of aliphatic hydroxyl groups is 1. The topological polar surface area (TPSA) is 77.2 Å². The molecule has 0 aliphatic heterocycles. The van der Waals surface area contributed by atoms with Gasteiger partial charge in [-0.25, -0.2) is 9.97 Å². The van der Waals surface area contributed by atoms with Gasteiger partial charge in [0, 0.05) is 6.20 Å². The van der Waals surface area contributed by atoms with Crippen LogP contribution < -0.4 is 10.3 Å². The van der Waals surface area contributed by atoms with Gasteiger partial charge < -0.3 is 9.84 Å². The van der Waals surface area contributed by atoms with E-state index in [1.807, 2.05) is 0 Å². The van der Waals surface area contributed by atoms with Gasteiger partial charge in [-0.2, -0.15) is 8.78 Å². The Balaban J connectivity index is 1.80. The molecule has 0 fully saturated rings. The van der Waals surface area contributed by atoms with Gasteiger partial charge in [0.15, 0.2) is 5.65 Å². The highest BCUT2D eigenvalue weighted by molar-refractivity contribution is 5.72. The van der Waals surface area contributed by atoms with Crippen LogP contribution in [0, 0.1) is 0 Å². The summed E-state index contributed by atoms with van der Waals surface area (Å²) in [5.74, 6) is -0.00318. The molecular formula is C16H13F2N3O3. The average Bonchev–Trinajstić information content (AvgIpc) is 2.57. The number of pyridine rings is 1. The van der Waals surface area contributed by atoms with Crippen molar-refractivity contribution in [3.05, 3.63) is 64.8 Å². The first-order chi connectivity index (χ1) is 11.5. The second kappa shape index (κ2) is 6.71. The van der Waals surface area contributed by atoms with Gasteiger partial charge in [0.1, 0.15) is 12.1 Å². The van der Waals surface area contributed by atoms with Crippen LogP contribution in [0.2, 0.25) is 0 Å². The van der Waals surface area contributed by atoms with Crippen molar-refractivity contribution in [1.29, 1.82) is 0 Å². The second-order valence-corrected chi connectivity index (χ2v) is 5.04. The van der Waals surface area contributed by atoms with Crippen molar-refractivity contribution in [2.45, 2.75) is 19.3 Å². The van der Waals surface area contributed by atoms with E-state index in [1.54, 1.807) is 12.1 Å². The van der Waals surface area contributed by atoms with E-state index in [4.69, 9.17) is 0 Å². The van der Waals surface area contributed by atoms with E-state index in [1.165, 1.54) is 41.4 Å². The number of nitrogens with zero attached hydrogens (tertiary/aromatic N) is 3. The first-order valence-corrected chi connectivity index (χ1v) is 7.07. The van der Waals surface area contributed by atoms with Crippen molar-refractivity contribution in [2.24, 2.45) is 0 Å². The van der Waals surface area contributed by atoms with Crippen molar-refractivity contribution >= 4 is 11.0 Å². The quantitative estimate of drug-likeness (QED) is 0.774. The summed E-state index contributed by atoms with van der Waals surface area (Å²) in [6.45, 7) is -2.93. The van der Waals surface area contributed by atoms with Crippen molar-refractivity contribution in [2.75, 3.05) is 0 Å². The number of rotatable bonds is 5. The fraction of sp³-hybridized carbons (Fsp3) is 0.188. The summed E-state index contributed by atoms with van der Waals surface area (Å²) in [6.07, 6.45) is 1.85. The summed E-state index contributed by atoms with van der Waals surface area (Å²) in [7, 11) is 0. The highest BCUT2D eigenvalue weighted by Crippen LogP contribution is 2.20. The number of ether oxygens (including phenoxy) is 1. The Bertz CT molecular complexity index is 897. The number of benzene rings is 1. The normalized spacial score (nSPS) is 12.5. The fourth-order valence-corrected chi connectivity index (χ4v) is 2.29. The molecule has 1 atom stereocenters. The molecule has 1 N–H and O–H groups in total. The molecular weight excluding hydrogens is 320 g/mol. The Hall–Kier alpha value is -2.87. The Labute approximate surface area is 135 Å². The third-order valence-electron chi connectivity index (χ3n) is 3.46. The van der Waals surface area contributed by atoms with Crippen molar-refractivity contribution in [3.63, 3.8) is 0 Å². The molecule has 0 aliphatic rings. The van der Waals surface area contributed by atoms with E-state index in [-0.39, 0.29) is 17.9 Å².